The molecule has 182 valence electrons. The monoisotopic (exact) mass is 470 g/mol. The normalized spacial score (nSPS) is 14.8. The average molecular weight is 471 g/mol. The molecule has 0 bridgehead atoms. The Balaban J connectivity index is 1.09. The quantitative estimate of drug-likeness (QED) is 0.335. The Hall–Kier alpha value is -3.38. The summed E-state index contributed by atoms with van der Waals surface area (Å²) in [6.07, 6.45) is 2.08. The molecule has 0 saturated carbocycles. The van der Waals surface area contributed by atoms with Crippen molar-refractivity contribution in [2.75, 3.05) is 44.2 Å². The van der Waals surface area contributed by atoms with E-state index in [1.54, 1.807) is 10.6 Å². The van der Waals surface area contributed by atoms with Crippen molar-refractivity contribution in [3.63, 3.8) is 0 Å². The van der Waals surface area contributed by atoms with E-state index in [9.17, 15) is 4.79 Å². The highest BCUT2D eigenvalue weighted by atomic mass is 16.5. The van der Waals surface area contributed by atoms with Gasteiger partial charge in [0.05, 0.1) is 6.61 Å². The van der Waals surface area contributed by atoms with Gasteiger partial charge < -0.3 is 9.64 Å². The molecule has 1 saturated heterocycles. The topological polar surface area (TPSA) is 50.6 Å². The van der Waals surface area contributed by atoms with Crippen LogP contribution in [0.25, 0.3) is 21.8 Å². The largest absolute Gasteiger partial charge is 0.478 e. The summed E-state index contributed by atoms with van der Waals surface area (Å²) in [7, 11) is 0. The lowest BCUT2D eigenvalue weighted by atomic mass is 10.1. The maximum Gasteiger partial charge on any atom is 0.252 e. The molecule has 1 aliphatic rings. The van der Waals surface area contributed by atoms with Crippen molar-refractivity contribution in [2.24, 2.45) is 0 Å². The summed E-state index contributed by atoms with van der Waals surface area (Å²) in [6, 6.07) is 22.6. The molecule has 0 radical (unpaired) electrons. The lowest BCUT2D eigenvalue weighted by molar-refractivity contribution is 0.237. The van der Waals surface area contributed by atoms with Crippen LogP contribution in [0.5, 0.6) is 5.88 Å². The smallest absolute Gasteiger partial charge is 0.252 e. The molecule has 6 heteroatoms. The molecule has 1 fully saturated rings. The van der Waals surface area contributed by atoms with Crippen LogP contribution in [0.4, 0.5) is 5.69 Å². The number of unbranched alkanes of at least 4 members (excludes halogenated alkanes) is 1. The number of fused-ring (bicyclic) bond motifs is 2. The number of anilines is 1. The van der Waals surface area contributed by atoms with Gasteiger partial charge in [-0.2, -0.15) is 4.98 Å². The second kappa shape index (κ2) is 10.5. The molecule has 0 unspecified atom stereocenters. The molecule has 2 aromatic heterocycles. The number of rotatable bonds is 8. The highest BCUT2D eigenvalue weighted by Crippen LogP contribution is 2.27. The Bertz CT molecular complexity index is 1350. The minimum absolute atomic E-state index is 0.0299. The number of aromatic nitrogens is 2. The number of benzene rings is 2. The highest BCUT2D eigenvalue weighted by molar-refractivity contribution is 5.94. The van der Waals surface area contributed by atoms with E-state index in [1.165, 1.54) is 16.5 Å². The fourth-order valence-electron chi connectivity index (χ4n) is 5.00. The summed E-state index contributed by atoms with van der Waals surface area (Å²) in [6.45, 7) is 10.0. The molecular weight excluding hydrogens is 436 g/mol. The van der Waals surface area contributed by atoms with Gasteiger partial charge in [0.1, 0.15) is 5.65 Å². The third kappa shape index (κ3) is 5.17. The van der Waals surface area contributed by atoms with Gasteiger partial charge >= 0.3 is 0 Å². The van der Waals surface area contributed by atoms with E-state index in [0.717, 1.165) is 51.0 Å². The minimum atomic E-state index is -0.0299. The maximum atomic E-state index is 12.3. The molecule has 0 N–H and O–H groups in total. The first kappa shape index (κ1) is 23.4. The van der Waals surface area contributed by atoms with Crippen molar-refractivity contribution in [3.8, 4) is 5.88 Å². The first-order valence-corrected chi connectivity index (χ1v) is 12.7. The van der Waals surface area contributed by atoms with Crippen LogP contribution in [-0.4, -0.2) is 53.8 Å². The SMILES string of the molecule is CC(C)n1c(=O)ccc2ccc(OCCCCN3CCN(c4cccc5ccccc45)CC3)nc21. The summed E-state index contributed by atoms with van der Waals surface area (Å²) in [5.74, 6) is 0.584. The number of piperazine rings is 1. The van der Waals surface area contributed by atoms with Crippen LogP contribution in [0.1, 0.15) is 32.7 Å². The predicted octanol–water partition coefficient (Wildman–Crippen LogP) is 5.11. The van der Waals surface area contributed by atoms with Gasteiger partial charge in [-0.1, -0.05) is 36.4 Å². The Labute approximate surface area is 206 Å². The zero-order valence-corrected chi connectivity index (χ0v) is 20.7. The van der Waals surface area contributed by atoms with Gasteiger partial charge in [-0.25, -0.2) is 0 Å². The van der Waals surface area contributed by atoms with Gasteiger partial charge in [-0.3, -0.25) is 14.3 Å². The van der Waals surface area contributed by atoms with Crippen molar-refractivity contribution in [3.05, 3.63) is 77.1 Å². The van der Waals surface area contributed by atoms with E-state index in [0.29, 0.717) is 18.1 Å². The van der Waals surface area contributed by atoms with Crippen LogP contribution >= 0.6 is 0 Å². The molecule has 0 spiro atoms. The number of ether oxygens (including phenoxy) is 1. The minimum Gasteiger partial charge on any atom is -0.478 e. The summed E-state index contributed by atoms with van der Waals surface area (Å²) in [5.41, 5.74) is 2.01. The molecule has 35 heavy (non-hydrogen) atoms. The molecule has 5 rings (SSSR count). The molecule has 3 heterocycles. The van der Waals surface area contributed by atoms with Crippen molar-refractivity contribution < 1.29 is 4.74 Å². The lowest BCUT2D eigenvalue weighted by Crippen LogP contribution is -2.46. The van der Waals surface area contributed by atoms with E-state index < -0.39 is 0 Å². The maximum absolute atomic E-state index is 12.3. The summed E-state index contributed by atoms with van der Waals surface area (Å²) < 4.78 is 7.66. The second-order valence-corrected chi connectivity index (χ2v) is 9.58. The van der Waals surface area contributed by atoms with Gasteiger partial charge in [0, 0.05) is 60.8 Å². The van der Waals surface area contributed by atoms with E-state index in [1.807, 2.05) is 32.0 Å². The van der Waals surface area contributed by atoms with Crippen LogP contribution in [0, 0.1) is 0 Å². The van der Waals surface area contributed by atoms with Crippen molar-refractivity contribution in [1.29, 1.82) is 0 Å². The van der Waals surface area contributed by atoms with Gasteiger partial charge in [-0.15, -0.1) is 0 Å². The van der Waals surface area contributed by atoms with E-state index in [-0.39, 0.29) is 11.6 Å². The van der Waals surface area contributed by atoms with E-state index in [4.69, 9.17) is 4.74 Å². The fourth-order valence-corrected chi connectivity index (χ4v) is 5.00. The van der Waals surface area contributed by atoms with Crippen molar-refractivity contribution in [1.82, 2.24) is 14.5 Å². The number of pyridine rings is 2. The van der Waals surface area contributed by atoms with E-state index in [2.05, 4.69) is 57.2 Å². The number of hydrogen-bond acceptors (Lipinski definition) is 5. The van der Waals surface area contributed by atoms with Crippen LogP contribution in [0.2, 0.25) is 0 Å². The van der Waals surface area contributed by atoms with Gasteiger partial charge in [0.25, 0.3) is 5.56 Å². The Kier molecular flexibility index (Phi) is 7.00. The van der Waals surface area contributed by atoms with Gasteiger partial charge in [0.15, 0.2) is 0 Å². The average Bonchev–Trinajstić information content (AvgIpc) is 2.88. The van der Waals surface area contributed by atoms with Crippen molar-refractivity contribution >= 4 is 27.5 Å². The molecule has 4 aromatic rings. The van der Waals surface area contributed by atoms with Crippen molar-refractivity contribution in [2.45, 2.75) is 32.7 Å². The van der Waals surface area contributed by atoms with Crippen LogP contribution in [0.15, 0.2) is 71.5 Å². The molecule has 6 nitrogen and oxygen atoms in total. The number of hydrogen-bond donors (Lipinski definition) is 0. The lowest BCUT2D eigenvalue weighted by Gasteiger charge is -2.36. The molecule has 1 aliphatic heterocycles. The third-order valence-corrected chi connectivity index (χ3v) is 6.87. The van der Waals surface area contributed by atoms with Gasteiger partial charge in [-0.05, 0) is 56.8 Å². The zero-order chi connectivity index (χ0) is 24.2. The Morgan fingerprint density at radius 1 is 0.857 bits per heavy atom. The first-order valence-electron chi connectivity index (χ1n) is 12.7. The second-order valence-electron chi connectivity index (χ2n) is 9.58. The van der Waals surface area contributed by atoms with E-state index >= 15 is 0 Å². The van der Waals surface area contributed by atoms with Crippen LogP contribution in [-0.2, 0) is 0 Å². The summed E-state index contributed by atoms with van der Waals surface area (Å²) in [4.78, 5) is 22.0. The Morgan fingerprint density at radius 3 is 2.46 bits per heavy atom. The summed E-state index contributed by atoms with van der Waals surface area (Å²) in [5, 5.41) is 3.60. The third-order valence-electron chi connectivity index (χ3n) is 6.87. The summed E-state index contributed by atoms with van der Waals surface area (Å²) >= 11 is 0. The predicted molar refractivity (Wildman–Crippen MR) is 144 cm³/mol. The molecule has 0 amide bonds. The van der Waals surface area contributed by atoms with Gasteiger partial charge in [0.2, 0.25) is 5.88 Å². The molecule has 0 aliphatic carbocycles. The fraction of sp³-hybridized carbons (Fsp3) is 0.379. The zero-order valence-electron chi connectivity index (χ0n) is 20.7. The highest BCUT2D eigenvalue weighted by Gasteiger charge is 2.18. The standard InChI is InChI=1S/C29H34N4O2/c1-22(2)33-28(34)15-13-24-12-14-27(30-29(24)33)35-21-6-5-16-31-17-19-32(20-18-31)26-11-7-9-23-8-3-4-10-25(23)26/h3-4,7-15,22H,5-6,16-21H2,1-2H3. The molecule has 0 atom stereocenters. The Morgan fingerprint density at radius 2 is 1.63 bits per heavy atom. The van der Waals surface area contributed by atoms with Crippen LogP contribution in [0.3, 0.4) is 0 Å². The molecular formula is C29H34N4O2. The first-order chi connectivity index (χ1) is 17.1. The number of nitrogens with zero attached hydrogens (tertiary/aromatic N) is 4. The van der Waals surface area contributed by atoms with Crippen LogP contribution < -0.4 is 15.2 Å². The molecule has 2 aromatic carbocycles.